The average molecular weight is 411 g/mol. The van der Waals surface area contributed by atoms with Crippen LogP contribution >= 0.6 is 23.1 Å². The van der Waals surface area contributed by atoms with Gasteiger partial charge in [0.1, 0.15) is 4.83 Å². The third kappa shape index (κ3) is 4.31. The maximum atomic E-state index is 12.9. The number of thiophene rings is 1. The molecule has 0 amide bonds. The van der Waals surface area contributed by atoms with E-state index >= 15 is 0 Å². The Hall–Kier alpha value is -2.11. The zero-order valence-electron chi connectivity index (χ0n) is 16.8. The van der Waals surface area contributed by atoms with Crippen molar-refractivity contribution in [2.24, 2.45) is 5.41 Å². The number of carbonyl (C=O) groups excluding carboxylic acids is 1. The van der Waals surface area contributed by atoms with Crippen molar-refractivity contribution in [1.82, 2.24) is 4.98 Å². The summed E-state index contributed by atoms with van der Waals surface area (Å²) >= 11 is 2.97. The van der Waals surface area contributed by atoms with E-state index in [9.17, 15) is 4.79 Å². The Kier molecular flexibility index (Phi) is 5.96. The zero-order chi connectivity index (χ0) is 20.5. The molecule has 0 aliphatic carbocycles. The van der Waals surface area contributed by atoms with Crippen LogP contribution in [0.4, 0.5) is 5.69 Å². The quantitative estimate of drug-likeness (QED) is 0.450. The number of benzene rings is 1. The number of anilines is 1. The number of fused-ring (bicyclic) bond motifs is 1. The lowest BCUT2D eigenvalue weighted by Crippen LogP contribution is -2.09. The maximum Gasteiger partial charge on any atom is 0.175 e. The van der Waals surface area contributed by atoms with Crippen molar-refractivity contribution < 1.29 is 4.79 Å². The molecule has 3 aromatic rings. The third-order valence-electron chi connectivity index (χ3n) is 4.67. The first-order chi connectivity index (χ1) is 13.2. The summed E-state index contributed by atoms with van der Waals surface area (Å²) < 4.78 is 0. The predicted octanol–water partition coefficient (Wildman–Crippen LogP) is 6.89. The average Bonchev–Trinajstić information content (AvgIpc) is 3.01. The fourth-order valence-corrected chi connectivity index (χ4v) is 4.42. The van der Waals surface area contributed by atoms with E-state index < -0.39 is 0 Å². The molecule has 0 radical (unpaired) electrons. The van der Waals surface area contributed by atoms with Crippen LogP contribution < -0.4 is 5.73 Å². The minimum atomic E-state index is 0.0969. The lowest BCUT2D eigenvalue weighted by molar-refractivity contribution is 0.0970. The predicted molar refractivity (Wildman–Crippen MR) is 125 cm³/mol. The highest BCUT2D eigenvalue weighted by Crippen LogP contribution is 2.42. The fourth-order valence-electron chi connectivity index (χ4n) is 3.02. The highest BCUT2D eigenvalue weighted by atomic mass is 32.2. The molecule has 0 aliphatic rings. The number of nitrogens with zero attached hydrogens (tertiary/aromatic N) is 1. The summed E-state index contributed by atoms with van der Waals surface area (Å²) in [5.74, 6) is 0.0969. The van der Waals surface area contributed by atoms with Crippen LogP contribution in [0, 0.1) is 5.41 Å². The second-order valence-corrected chi connectivity index (χ2v) is 9.96. The van der Waals surface area contributed by atoms with Crippen LogP contribution in [0.3, 0.4) is 0 Å². The van der Waals surface area contributed by atoms with Gasteiger partial charge in [-0.3, -0.25) is 4.79 Å². The number of thioether (sulfide) groups is 1. The number of aromatic nitrogens is 1. The molecule has 0 fully saturated rings. The van der Waals surface area contributed by atoms with E-state index in [0.29, 0.717) is 17.0 Å². The number of hydrogen-bond donors (Lipinski definition) is 1. The smallest absolute Gasteiger partial charge is 0.175 e. The van der Waals surface area contributed by atoms with E-state index in [4.69, 9.17) is 10.7 Å². The molecule has 3 rings (SSSR count). The van der Waals surface area contributed by atoms with Crippen molar-refractivity contribution in [3.05, 3.63) is 53.5 Å². The molecule has 0 bridgehead atoms. The van der Waals surface area contributed by atoms with Crippen molar-refractivity contribution in [2.75, 3.05) is 12.0 Å². The first-order valence-corrected chi connectivity index (χ1v) is 11.3. The second kappa shape index (κ2) is 8.10. The Bertz CT molecular complexity index is 1030. The number of pyridine rings is 1. The van der Waals surface area contributed by atoms with Gasteiger partial charge in [-0.25, -0.2) is 4.98 Å². The van der Waals surface area contributed by atoms with Gasteiger partial charge in [0.05, 0.1) is 16.3 Å². The molecule has 0 saturated carbocycles. The Labute approximate surface area is 175 Å². The Morgan fingerprint density at radius 3 is 2.54 bits per heavy atom. The standard InChI is InChI=1S/C23H26N2OS2/c1-14(27-5)17-13-16(15-9-7-6-8-10-15)19-20(24)21(28-22(19)25-17)18(26)11-12-23(2,3)4/h6-10,13H,1,11-12,24H2,2-5H3. The van der Waals surface area contributed by atoms with Gasteiger partial charge in [0.2, 0.25) is 0 Å². The number of ketones is 1. The molecule has 0 spiro atoms. The number of carbonyl (C=O) groups is 1. The van der Waals surface area contributed by atoms with Crippen molar-refractivity contribution in [1.29, 1.82) is 0 Å². The molecule has 0 saturated heterocycles. The zero-order valence-corrected chi connectivity index (χ0v) is 18.5. The molecule has 2 N–H and O–H groups in total. The van der Waals surface area contributed by atoms with Crippen molar-refractivity contribution in [3.8, 4) is 11.1 Å². The van der Waals surface area contributed by atoms with Crippen molar-refractivity contribution in [3.63, 3.8) is 0 Å². The number of rotatable bonds is 6. The lowest BCUT2D eigenvalue weighted by atomic mass is 9.89. The van der Waals surface area contributed by atoms with E-state index in [1.807, 2.05) is 30.5 Å². The van der Waals surface area contributed by atoms with E-state index in [1.165, 1.54) is 11.3 Å². The summed E-state index contributed by atoms with van der Waals surface area (Å²) in [7, 11) is 0. The van der Waals surface area contributed by atoms with Crippen LogP contribution in [-0.4, -0.2) is 17.0 Å². The van der Waals surface area contributed by atoms with Gasteiger partial charge in [0.25, 0.3) is 0 Å². The summed E-state index contributed by atoms with van der Waals surface area (Å²) in [5.41, 5.74) is 10.0. The van der Waals surface area contributed by atoms with E-state index in [1.54, 1.807) is 11.8 Å². The van der Waals surface area contributed by atoms with Crippen LogP contribution in [0.2, 0.25) is 0 Å². The van der Waals surface area contributed by atoms with Gasteiger partial charge in [-0.2, -0.15) is 0 Å². The van der Waals surface area contributed by atoms with Gasteiger partial charge < -0.3 is 5.73 Å². The molecular formula is C23H26N2OS2. The summed E-state index contributed by atoms with van der Waals surface area (Å²) in [6.45, 7) is 10.5. The molecule has 5 heteroatoms. The lowest BCUT2D eigenvalue weighted by Gasteiger charge is -2.16. The SMILES string of the molecule is C=C(SC)c1cc(-c2ccccc2)c2c(N)c(C(=O)CCC(C)(C)C)sc2n1. The Balaban J connectivity index is 2.16. The third-order valence-corrected chi connectivity index (χ3v) is 6.51. The van der Waals surface area contributed by atoms with E-state index in [-0.39, 0.29) is 11.2 Å². The molecule has 3 nitrogen and oxygen atoms in total. The molecule has 2 heterocycles. The van der Waals surface area contributed by atoms with Crippen LogP contribution in [0.15, 0.2) is 43.0 Å². The van der Waals surface area contributed by atoms with Gasteiger partial charge in [0.15, 0.2) is 5.78 Å². The van der Waals surface area contributed by atoms with Gasteiger partial charge in [-0.15, -0.1) is 23.1 Å². The van der Waals surface area contributed by atoms with Gasteiger partial charge in [-0.05, 0) is 35.3 Å². The fraction of sp³-hybridized carbons (Fsp3) is 0.304. The molecular weight excluding hydrogens is 384 g/mol. The second-order valence-electron chi connectivity index (χ2n) is 8.06. The van der Waals surface area contributed by atoms with Gasteiger partial charge in [0, 0.05) is 16.7 Å². The largest absolute Gasteiger partial charge is 0.397 e. The normalized spacial score (nSPS) is 11.7. The highest BCUT2D eigenvalue weighted by Gasteiger charge is 2.23. The number of nitrogen functional groups attached to an aromatic ring is 1. The molecule has 28 heavy (non-hydrogen) atoms. The molecule has 2 aromatic heterocycles. The van der Waals surface area contributed by atoms with Gasteiger partial charge >= 0.3 is 0 Å². The maximum absolute atomic E-state index is 12.9. The van der Waals surface area contributed by atoms with E-state index in [0.717, 1.165) is 38.4 Å². The summed E-state index contributed by atoms with van der Waals surface area (Å²) in [4.78, 5) is 20.0. The van der Waals surface area contributed by atoms with E-state index in [2.05, 4.69) is 39.5 Å². The molecule has 0 aliphatic heterocycles. The topological polar surface area (TPSA) is 56.0 Å². The minimum absolute atomic E-state index is 0.0969. The monoisotopic (exact) mass is 410 g/mol. The molecule has 0 atom stereocenters. The van der Waals surface area contributed by atoms with Crippen LogP contribution in [0.1, 0.15) is 49.0 Å². The van der Waals surface area contributed by atoms with Crippen LogP contribution in [0.5, 0.6) is 0 Å². The first kappa shape index (κ1) is 20.6. The molecule has 146 valence electrons. The summed E-state index contributed by atoms with van der Waals surface area (Å²) in [6.07, 6.45) is 3.30. The Morgan fingerprint density at radius 2 is 1.93 bits per heavy atom. The summed E-state index contributed by atoms with van der Waals surface area (Å²) in [6, 6.07) is 12.1. The van der Waals surface area contributed by atoms with Crippen LogP contribution in [0.25, 0.3) is 26.2 Å². The number of hydrogen-bond acceptors (Lipinski definition) is 5. The molecule has 0 unspecified atom stereocenters. The molecule has 1 aromatic carbocycles. The van der Waals surface area contributed by atoms with Crippen molar-refractivity contribution >= 4 is 49.7 Å². The highest BCUT2D eigenvalue weighted by molar-refractivity contribution is 8.07. The number of nitrogens with two attached hydrogens (primary N) is 1. The number of Topliss-reactive ketones (excluding diaryl/α,β-unsaturated/α-hetero) is 1. The minimum Gasteiger partial charge on any atom is -0.397 e. The van der Waals surface area contributed by atoms with Crippen molar-refractivity contribution in [2.45, 2.75) is 33.6 Å². The van der Waals surface area contributed by atoms with Crippen LogP contribution in [-0.2, 0) is 0 Å². The van der Waals surface area contributed by atoms with Gasteiger partial charge in [-0.1, -0.05) is 57.7 Å². The Morgan fingerprint density at radius 1 is 1.25 bits per heavy atom. The summed E-state index contributed by atoms with van der Waals surface area (Å²) in [5, 5.41) is 0.868. The first-order valence-electron chi connectivity index (χ1n) is 9.26.